The second-order valence-electron chi connectivity index (χ2n) is 10.1. The summed E-state index contributed by atoms with van der Waals surface area (Å²) >= 11 is 0. The van der Waals surface area contributed by atoms with Gasteiger partial charge in [0, 0.05) is 24.6 Å². The number of para-hydroxylation sites is 1. The van der Waals surface area contributed by atoms with Crippen LogP contribution in [-0.4, -0.2) is 50.8 Å². The van der Waals surface area contributed by atoms with E-state index in [1.807, 2.05) is 48.5 Å². The number of hydrogen-bond acceptors (Lipinski definition) is 4. The normalized spacial score (nSPS) is 20.7. The summed E-state index contributed by atoms with van der Waals surface area (Å²) in [5.74, 6) is 0.922. The number of likely N-dealkylation sites (tertiary alicyclic amines) is 1. The molecular weight excluding hydrogens is 460 g/mol. The zero-order valence-electron chi connectivity index (χ0n) is 21.7. The van der Waals surface area contributed by atoms with E-state index in [-0.39, 0.29) is 23.5 Å². The van der Waals surface area contributed by atoms with Crippen LogP contribution in [0.25, 0.3) is 6.08 Å². The van der Waals surface area contributed by atoms with Crippen molar-refractivity contribution in [2.75, 3.05) is 33.9 Å². The highest BCUT2D eigenvalue weighted by Crippen LogP contribution is 2.52. The number of hydrogen-bond donors (Lipinski definition) is 1. The predicted molar refractivity (Wildman–Crippen MR) is 148 cm³/mol. The minimum Gasteiger partial charge on any atom is -0.496 e. The maximum Gasteiger partial charge on any atom is 0.224 e. The van der Waals surface area contributed by atoms with E-state index < -0.39 is 0 Å². The number of ether oxygens (including phenoxy) is 2. The highest BCUT2D eigenvalue weighted by atomic mass is 16.5. The van der Waals surface area contributed by atoms with Gasteiger partial charge in [-0.1, -0.05) is 84.9 Å². The molecule has 3 aromatic rings. The van der Waals surface area contributed by atoms with E-state index in [9.17, 15) is 4.79 Å². The van der Waals surface area contributed by atoms with Gasteiger partial charge >= 0.3 is 0 Å². The number of nitrogens with zero attached hydrogens (tertiary/aromatic N) is 1. The second-order valence-corrected chi connectivity index (χ2v) is 10.1. The maximum atomic E-state index is 13.1. The summed E-state index contributed by atoms with van der Waals surface area (Å²) in [5, 5.41) is 3.33. The van der Waals surface area contributed by atoms with E-state index >= 15 is 0 Å². The molecule has 3 aromatic carbocycles. The molecular formula is C32H36N2O3. The molecule has 0 saturated carbocycles. The van der Waals surface area contributed by atoms with Gasteiger partial charge in [0.25, 0.3) is 0 Å². The number of amides is 1. The van der Waals surface area contributed by atoms with Crippen LogP contribution in [0.1, 0.15) is 41.1 Å². The molecule has 5 rings (SSSR count). The molecule has 5 heteroatoms. The Kier molecular flexibility index (Phi) is 7.73. The Labute approximate surface area is 220 Å². The summed E-state index contributed by atoms with van der Waals surface area (Å²) in [6.45, 7) is 2.86. The van der Waals surface area contributed by atoms with E-state index in [0.717, 1.165) is 49.4 Å². The van der Waals surface area contributed by atoms with Crippen LogP contribution in [0.15, 0.2) is 84.9 Å². The third-order valence-electron chi connectivity index (χ3n) is 8.01. The van der Waals surface area contributed by atoms with Crippen molar-refractivity contribution in [3.63, 3.8) is 0 Å². The van der Waals surface area contributed by atoms with Crippen LogP contribution in [0.4, 0.5) is 0 Å². The van der Waals surface area contributed by atoms with Gasteiger partial charge in [0.1, 0.15) is 5.75 Å². The number of rotatable bonds is 8. The first-order valence-corrected chi connectivity index (χ1v) is 13.1. The van der Waals surface area contributed by atoms with Crippen molar-refractivity contribution in [1.82, 2.24) is 10.2 Å². The van der Waals surface area contributed by atoms with Crippen molar-refractivity contribution in [1.29, 1.82) is 0 Å². The molecule has 1 fully saturated rings. The molecule has 1 amide bonds. The lowest BCUT2D eigenvalue weighted by Crippen LogP contribution is -2.50. The standard InChI is InChI=1S/C32H36N2O3/c1-36-28-17-9-6-13-25(28)14-10-20-34-21-18-32(19-22-34)27-16-8-7-15-26(27)30(31(32)37-2)33-29(35)23-24-11-4-3-5-12-24/h3-17,30-31H,18-23H2,1-2H3,(H,33,35)/b14-10+/t30-,31+/m1/s1. The first kappa shape index (κ1) is 25.2. The molecule has 1 aliphatic carbocycles. The number of carbonyl (C=O) groups excluding carboxylic acids is 1. The largest absolute Gasteiger partial charge is 0.496 e. The van der Waals surface area contributed by atoms with Crippen LogP contribution < -0.4 is 10.1 Å². The zero-order chi connectivity index (χ0) is 25.7. The molecule has 1 aliphatic heterocycles. The molecule has 1 heterocycles. The molecule has 0 radical (unpaired) electrons. The van der Waals surface area contributed by atoms with Crippen LogP contribution in [0.2, 0.25) is 0 Å². The van der Waals surface area contributed by atoms with Crippen molar-refractivity contribution >= 4 is 12.0 Å². The molecule has 5 nitrogen and oxygen atoms in total. The summed E-state index contributed by atoms with van der Waals surface area (Å²) in [4.78, 5) is 15.5. The van der Waals surface area contributed by atoms with Crippen LogP contribution in [0, 0.1) is 0 Å². The van der Waals surface area contributed by atoms with Crippen molar-refractivity contribution in [2.24, 2.45) is 0 Å². The lowest BCUT2D eigenvalue weighted by molar-refractivity contribution is -0.122. The zero-order valence-corrected chi connectivity index (χ0v) is 21.7. The highest BCUT2D eigenvalue weighted by Gasteiger charge is 2.53. The quantitative estimate of drug-likeness (QED) is 0.468. The Morgan fingerprint density at radius 3 is 2.43 bits per heavy atom. The molecule has 2 aliphatic rings. The van der Waals surface area contributed by atoms with E-state index in [0.29, 0.717) is 6.42 Å². The van der Waals surface area contributed by atoms with Crippen LogP contribution in [0.5, 0.6) is 5.75 Å². The first-order chi connectivity index (χ1) is 18.1. The first-order valence-electron chi connectivity index (χ1n) is 13.1. The third-order valence-corrected chi connectivity index (χ3v) is 8.01. The Morgan fingerprint density at radius 1 is 0.973 bits per heavy atom. The molecule has 0 bridgehead atoms. The predicted octanol–water partition coefficient (Wildman–Crippen LogP) is 5.17. The van der Waals surface area contributed by atoms with Gasteiger partial charge in [-0.3, -0.25) is 9.69 Å². The van der Waals surface area contributed by atoms with Gasteiger partial charge in [-0.05, 0) is 48.7 Å². The monoisotopic (exact) mass is 496 g/mol. The summed E-state index contributed by atoms with van der Waals surface area (Å²) in [6.07, 6.45) is 6.64. The summed E-state index contributed by atoms with van der Waals surface area (Å²) in [5.41, 5.74) is 4.54. The fraction of sp³-hybridized carbons (Fsp3) is 0.344. The fourth-order valence-corrected chi connectivity index (χ4v) is 6.20. The smallest absolute Gasteiger partial charge is 0.224 e. The molecule has 1 saturated heterocycles. The third kappa shape index (κ3) is 5.20. The van der Waals surface area contributed by atoms with Crippen molar-refractivity contribution in [2.45, 2.75) is 36.8 Å². The fourth-order valence-electron chi connectivity index (χ4n) is 6.20. The molecule has 0 unspecified atom stereocenters. The number of piperidine rings is 1. The SMILES string of the molecule is COc1ccccc1/C=C/CN1CCC2(CC1)c1ccccc1[C@@H](NC(=O)Cc1ccccc1)[C@@H]2OC. The second kappa shape index (κ2) is 11.3. The van der Waals surface area contributed by atoms with E-state index in [2.05, 4.69) is 52.7 Å². The number of benzene rings is 3. The van der Waals surface area contributed by atoms with Gasteiger partial charge in [0.15, 0.2) is 0 Å². The average molecular weight is 497 g/mol. The molecule has 2 atom stereocenters. The van der Waals surface area contributed by atoms with Crippen molar-refractivity contribution < 1.29 is 14.3 Å². The van der Waals surface area contributed by atoms with Crippen molar-refractivity contribution in [3.05, 3.63) is 107 Å². The Morgan fingerprint density at radius 2 is 1.68 bits per heavy atom. The van der Waals surface area contributed by atoms with Gasteiger partial charge in [-0.25, -0.2) is 0 Å². The Bertz CT molecular complexity index is 1230. The van der Waals surface area contributed by atoms with E-state index in [1.54, 1.807) is 14.2 Å². The summed E-state index contributed by atoms with van der Waals surface area (Å²) < 4.78 is 11.7. The molecule has 0 aromatic heterocycles. The lowest BCUT2D eigenvalue weighted by atomic mass is 9.72. The van der Waals surface area contributed by atoms with Crippen LogP contribution in [0.3, 0.4) is 0 Å². The maximum absolute atomic E-state index is 13.1. The van der Waals surface area contributed by atoms with Gasteiger partial charge in [-0.2, -0.15) is 0 Å². The minimum absolute atomic E-state index is 0.0315. The number of nitrogens with one attached hydrogen (secondary N) is 1. The average Bonchev–Trinajstić information content (AvgIpc) is 3.18. The molecule has 1 N–H and O–H groups in total. The van der Waals surface area contributed by atoms with E-state index in [1.165, 1.54) is 11.1 Å². The van der Waals surface area contributed by atoms with Gasteiger partial charge < -0.3 is 14.8 Å². The number of carbonyl (C=O) groups is 1. The van der Waals surface area contributed by atoms with E-state index in [4.69, 9.17) is 9.47 Å². The van der Waals surface area contributed by atoms with Crippen LogP contribution >= 0.6 is 0 Å². The molecule has 1 spiro atoms. The Hall–Kier alpha value is -3.41. The van der Waals surface area contributed by atoms with Crippen molar-refractivity contribution in [3.8, 4) is 5.75 Å². The highest BCUT2D eigenvalue weighted by molar-refractivity contribution is 5.79. The number of fused-ring (bicyclic) bond motifs is 2. The summed E-state index contributed by atoms with van der Waals surface area (Å²) in [6, 6.07) is 26.4. The molecule has 37 heavy (non-hydrogen) atoms. The van der Waals surface area contributed by atoms with Gasteiger partial charge in [-0.15, -0.1) is 0 Å². The Balaban J connectivity index is 1.28. The summed E-state index contributed by atoms with van der Waals surface area (Å²) in [7, 11) is 3.50. The van der Waals surface area contributed by atoms with Gasteiger partial charge in [0.2, 0.25) is 5.91 Å². The molecule has 192 valence electrons. The minimum atomic E-state index is -0.144. The lowest BCUT2D eigenvalue weighted by Gasteiger charge is -2.44. The van der Waals surface area contributed by atoms with Gasteiger partial charge in [0.05, 0.1) is 25.7 Å². The number of methoxy groups -OCH3 is 2. The van der Waals surface area contributed by atoms with Crippen LogP contribution in [-0.2, 0) is 21.4 Å². The topological polar surface area (TPSA) is 50.8 Å².